The Morgan fingerprint density at radius 2 is 1.52 bits per heavy atom. The minimum absolute atomic E-state index is 0.111. The van der Waals surface area contributed by atoms with Crippen LogP contribution in [0.1, 0.15) is 28.2 Å². The zero-order valence-electron chi connectivity index (χ0n) is 21.9. The lowest BCUT2D eigenvalue weighted by atomic mass is 9.47. The van der Waals surface area contributed by atoms with Crippen molar-refractivity contribution in [1.82, 2.24) is 4.98 Å². The highest BCUT2D eigenvalue weighted by Crippen LogP contribution is 2.63. The minimum Gasteiger partial charge on any atom is -0.274 e. The maximum absolute atomic E-state index is 14.4. The molecule has 4 aliphatic rings. The zero-order chi connectivity index (χ0) is 28.6. The fourth-order valence-electron chi connectivity index (χ4n) is 7.14. The molecule has 10 heteroatoms. The first-order valence-electron chi connectivity index (χ1n) is 13.5. The zero-order valence-corrected chi connectivity index (χ0v) is 22.7. The van der Waals surface area contributed by atoms with Crippen molar-refractivity contribution in [3.63, 3.8) is 0 Å². The van der Waals surface area contributed by atoms with Crippen molar-refractivity contribution >= 4 is 56.1 Å². The Balaban J connectivity index is 1.29. The second-order valence-electron chi connectivity index (χ2n) is 10.7. The summed E-state index contributed by atoms with van der Waals surface area (Å²) >= 11 is 1.48. The Labute approximate surface area is 243 Å². The molecular weight excluding hydrogens is 550 g/mol. The van der Waals surface area contributed by atoms with Crippen LogP contribution in [0.3, 0.4) is 0 Å². The average Bonchev–Trinajstić information content (AvgIpc) is 3.55. The van der Waals surface area contributed by atoms with E-state index in [2.05, 4.69) is 10.4 Å². The molecular formula is C32H21N5O4S. The number of hydrazone groups is 1. The number of carbonyl (C=O) groups excluding carboxylic acids is 2. The SMILES string of the molecule is O=C1[C@@H]2C3c4ccccc4C(/C=N\Nc4nc5ccccc5s4)(c4ccccc43)[C@@H]2C(=O)N1c1ccc([N+](=O)[O-])cc1. The van der Waals surface area contributed by atoms with E-state index in [1.807, 2.05) is 72.8 Å². The molecule has 2 atom stereocenters. The average molecular weight is 572 g/mol. The molecule has 0 unspecified atom stereocenters. The molecule has 5 aromatic rings. The summed E-state index contributed by atoms with van der Waals surface area (Å²) in [5, 5.41) is 16.6. The lowest BCUT2D eigenvalue weighted by Crippen LogP contribution is -2.54. The lowest BCUT2D eigenvalue weighted by Gasteiger charge is -2.52. The molecule has 0 spiro atoms. The lowest BCUT2D eigenvalue weighted by molar-refractivity contribution is -0.384. The third kappa shape index (κ3) is 3.23. The number of hydrogen-bond donors (Lipinski definition) is 1. The van der Waals surface area contributed by atoms with Gasteiger partial charge in [-0.15, -0.1) is 0 Å². The van der Waals surface area contributed by atoms with Crippen LogP contribution in [-0.4, -0.2) is 27.9 Å². The first-order chi connectivity index (χ1) is 20.5. The van der Waals surface area contributed by atoms with Crippen molar-refractivity contribution in [1.29, 1.82) is 0 Å². The van der Waals surface area contributed by atoms with Gasteiger partial charge in [0.05, 0.1) is 38.1 Å². The van der Waals surface area contributed by atoms with Crippen molar-refractivity contribution in [2.75, 3.05) is 10.3 Å². The first-order valence-corrected chi connectivity index (χ1v) is 14.3. The van der Waals surface area contributed by atoms with E-state index in [4.69, 9.17) is 5.10 Å². The van der Waals surface area contributed by atoms with Crippen molar-refractivity contribution in [3.05, 3.63) is 129 Å². The Bertz CT molecular complexity index is 1900. The van der Waals surface area contributed by atoms with Gasteiger partial charge < -0.3 is 0 Å². The fraction of sp³-hybridized carbons (Fsp3) is 0.125. The quantitative estimate of drug-likeness (QED) is 0.122. The van der Waals surface area contributed by atoms with Crippen LogP contribution >= 0.6 is 11.3 Å². The number of non-ortho nitro benzene ring substituents is 1. The Morgan fingerprint density at radius 1 is 0.881 bits per heavy atom. The summed E-state index contributed by atoms with van der Waals surface area (Å²) < 4.78 is 1.03. The first kappa shape index (κ1) is 24.6. The number of para-hydroxylation sites is 1. The van der Waals surface area contributed by atoms with E-state index in [1.165, 1.54) is 40.5 Å². The number of carbonyl (C=O) groups is 2. The van der Waals surface area contributed by atoms with Gasteiger partial charge in [-0.1, -0.05) is 72.0 Å². The summed E-state index contributed by atoms with van der Waals surface area (Å²) in [5.41, 5.74) is 7.00. The second-order valence-corrected chi connectivity index (χ2v) is 11.7. The third-order valence-corrected chi connectivity index (χ3v) is 9.67. The summed E-state index contributed by atoms with van der Waals surface area (Å²) in [6.07, 6.45) is 1.77. The van der Waals surface area contributed by atoms with Gasteiger partial charge in [0.2, 0.25) is 16.9 Å². The largest absolute Gasteiger partial charge is 0.274 e. The molecule has 42 heavy (non-hydrogen) atoms. The van der Waals surface area contributed by atoms with Crippen LogP contribution in [0.5, 0.6) is 0 Å². The number of fused-ring (bicyclic) bond motifs is 1. The van der Waals surface area contributed by atoms with E-state index in [9.17, 15) is 19.7 Å². The van der Waals surface area contributed by atoms with Crippen molar-refractivity contribution in [3.8, 4) is 0 Å². The number of thiazole rings is 1. The van der Waals surface area contributed by atoms with Crippen LogP contribution in [0.25, 0.3) is 10.2 Å². The Hall–Kier alpha value is -5.22. The number of imide groups is 1. The van der Waals surface area contributed by atoms with Crippen LogP contribution < -0.4 is 10.3 Å². The molecule has 1 aliphatic heterocycles. The molecule has 3 aliphatic carbocycles. The van der Waals surface area contributed by atoms with Crippen LogP contribution in [0.15, 0.2) is 102 Å². The van der Waals surface area contributed by atoms with Crippen LogP contribution in [0.2, 0.25) is 0 Å². The van der Waals surface area contributed by atoms with Gasteiger partial charge in [0.25, 0.3) is 5.69 Å². The number of nitrogens with one attached hydrogen (secondary N) is 1. The number of rotatable bonds is 5. The third-order valence-electron chi connectivity index (χ3n) is 8.72. The molecule has 1 N–H and O–H groups in total. The smallest absolute Gasteiger partial charge is 0.269 e. The highest BCUT2D eigenvalue weighted by Gasteiger charge is 2.68. The summed E-state index contributed by atoms with van der Waals surface area (Å²) in [5.74, 6) is -2.39. The molecule has 0 saturated carbocycles. The maximum Gasteiger partial charge on any atom is 0.269 e. The van der Waals surface area contributed by atoms with E-state index >= 15 is 0 Å². The number of anilines is 2. The molecule has 0 radical (unpaired) electrons. The van der Waals surface area contributed by atoms with E-state index in [0.717, 1.165) is 32.5 Å². The summed E-state index contributed by atoms with van der Waals surface area (Å²) in [6.45, 7) is 0. The molecule has 2 amide bonds. The Kier molecular flexibility index (Phi) is 5.20. The molecule has 1 aromatic heterocycles. The van der Waals surface area contributed by atoms with Gasteiger partial charge in [-0.05, 0) is 46.5 Å². The van der Waals surface area contributed by atoms with E-state index < -0.39 is 22.2 Å². The maximum atomic E-state index is 14.4. The predicted molar refractivity (Wildman–Crippen MR) is 160 cm³/mol. The highest BCUT2D eigenvalue weighted by atomic mass is 32.1. The van der Waals surface area contributed by atoms with Gasteiger partial charge in [0.1, 0.15) is 0 Å². The monoisotopic (exact) mass is 571 g/mol. The Morgan fingerprint density at radius 3 is 2.19 bits per heavy atom. The van der Waals surface area contributed by atoms with Gasteiger partial charge in [-0.3, -0.25) is 25.1 Å². The molecule has 1 saturated heterocycles. The normalized spacial score (nSPS) is 23.7. The second kappa shape index (κ2) is 8.89. The number of nitro benzene ring substituents is 1. The molecule has 9 rings (SSSR count). The summed E-state index contributed by atoms with van der Waals surface area (Å²) in [4.78, 5) is 45.2. The van der Waals surface area contributed by atoms with Crippen molar-refractivity contribution in [2.45, 2.75) is 11.3 Å². The molecule has 4 aromatic carbocycles. The summed E-state index contributed by atoms with van der Waals surface area (Å²) in [7, 11) is 0. The van der Waals surface area contributed by atoms with Gasteiger partial charge in [-0.25, -0.2) is 9.88 Å². The number of hydrogen-bond acceptors (Lipinski definition) is 8. The highest BCUT2D eigenvalue weighted by molar-refractivity contribution is 7.22. The minimum atomic E-state index is -1.03. The van der Waals surface area contributed by atoms with Gasteiger partial charge in [0.15, 0.2) is 0 Å². The van der Waals surface area contributed by atoms with Gasteiger partial charge >= 0.3 is 0 Å². The van der Waals surface area contributed by atoms with E-state index in [1.54, 1.807) is 6.21 Å². The fourth-order valence-corrected chi connectivity index (χ4v) is 7.95. The molecule has 2 bridgehead atoms. The topological polar surface area (TPSA) is 118 Å². The number of amides is 2. The number of benzene rings is 4. The number of nitro groups is 1. The van der Waals surface area contributed by atoms with E-state index in [-0.39, 0.29) is 23.4 Å². The molecule has 2 heterocycles. The van der Waals surface area contributed by atoms with Crippen LogP contribution in [-0.2, 0) is 15.0 Å². The van der Waals surface area contributed by atoms with Crippen LogP contribution in [0.4, 0.5) is 16.5 Å². The number of nitrogens with zero attached hydrogens (tertiary/aromatic N) is 4. The molecule has 9 nitrogen and oxygen atoms in total. The van der Waals surface area contributed by atoms with Crippen molar-refractivity contribution < 1.29 is 14.5 Å². The van der Waals surface area contributed by atoms with Crippen molar-refractivity contribution in [2.24, 2.45) is 16.9 Å². The molecule has 1 fully saturated rings. The predicted octanol–water partition coefficient (Wildman–Crippen LogP) is 5.85. The molecule has 204 valence electrons. The standard InChI is InChI=1S/C32H21N5O4S/c38-29-27-26-20-7-1-3-9-22(20)32(23-10-4-2-8-21(23)26,17-33-35-31-34-24-11-5-6-12-25(24)42-31)28(27)30(39)36(29)18-13-15-19(16-14-18)37(40)41/h1-17,26-28H,(H,34,35)/b33-17-/t26?,27-,28+,32?/m1/s1. The number of aromatic nitrogens is 1. The van der Waals surface area contributed by atoms with Gasteiger partial charge in [0, 0.05) is 24.3 Å². The van der Waals surface area contributed by atoms with Crippen LogP contribution in [0, 0.1) is 22.0 Å². The van der Waals surface area contributed by atoms with Gasteiger partial charge in [-0.2, -0.15) is 5.10 Å². The summed E-state index contributed by atoms with van der Waals surface area (Å²) in [6, 6.07) is 29.3. The van der Waals surface area contributed by atoms with E-state index in [0.29, 0.717) is 10.8 Å².